The van der Waals surface area contributed by atoms with Crippen LogP contribution in [0, 0.1) is 0 Å². The van der Waals surface area contributed by atoms with Crippen molar-refractivity contribution in [3.05, 3.63) is 22.2 Å². The molecule has 1 aromatic rings. The molecule has 1 rings (SSSR count). The molecule has 0 radical (unpaired) electrons. The summed E-state index contributed by atoms with van der Waals surface area (Å²) in [6.45, 7) is 1.48. The lowest BCUT2D eigenvalue weighted by atomic mass is 10.2. The van der Waals surface area contributed by atoms with E-state index in [1.54, 1.807) is 0 Å². The van der Waals surface area contributed by atoms with Gasteiger partial charge in [-0.3, -0.25) is 9.59 Å². The van der Waals surface area contributed by atoms with Crippen LogP contribution >= 0.6 is 12.6 Å². The van der Waals surface area contributed by atoms with Crippen LogP contribution in [0.5, 0.6) is 5.88 Å². The molecule has 0 aliphatic rings. The van der Waals surface area contributed by atoms with E-state index in [1.807, 2.05) is 0 Å². The zero-order chi connectivity index (χ0) is 11.4. The van der Waals surface area contributed by atoms with E-state index < -0.39 is 5.56 Å². The van der Waals surface area contributed by atoms with E-state index in [-0.39, 0.29) is 23.3 Å². The third-order valence-corrected chi connectivity index (χ3v) is 2.24. The molecule has 0 fully saturated rings. The molecule has 0 aliphatic heterocycles. The Kier molecular flexibility index (Phi) is 3.90. The summed E-state index contributed by atoms with van der Waals surface area (Å²) in [5.41, 5.74) is 0.120. The number of H-pyrrole nitrogens is 1. The van der Waals surface area contributed by atoms with Gasteiger partial charge in [0.05, 0.1) is 18.1 Å². The Morgan fingerprint density at radius 2 is 2.40 bits per heavy atom. The molecule has 0 bridgehead atoms. The third kappa shape index (κ3) is 3.09. The van der Waals surface area contributed by atoms with Crippen molar-refractivity contribution in [2.45, 2.75) is 18.6 Å². The zero-order valence-corrected chi connectivity index (χ0v) is 9.38. The minimum atomic E-state index is -0.399. The topological polar surface area (TPSA) is 72.0 Å². The van der Waals surface area contributed by atoms with Crippen molar-refractivity contribution in [2.75, 3.05) is 7.11 Å². The van der Waals surface area contributed by atoms with Gasteiger partial charge < -0.3 is 9.72 Å². The smallest absolute Gasteiger partial charge is 0.310 e. The molecule has 15 heavy (non-hydrogen) atoms. The molecule has 1 unspecified atom stereocenters. The van der Waals surface area contributed by atoms with E-state index in [2.05, 4.69) is 22.6 Å². The van der Waals surface area contributed by atoms with Gasteiger partial charge >= 0.3 is 5.56 Å². The predicted octanol–water partition coefficient (Wildman–Crippen LogP) is 0.728. The maximum absolute atomic E-state index is 11.1. The SMILES string of the molecule is COc1nc(C(S)CC(C)=O)c[nH]c1=O. The number of rotatable bonds is 4. The van der Waals surface area contributed by atoms with Crippen LogP contribution in [-0.2, 0) is 4.79 Å². The van der Waals surface area contributed by atoms with E-state index >= 15 is 0 Å². The van der Waals surface area contributed by atoms with Crippen LogP contribution in [0.25, 0.3) is 0 Å². The number of hydrogen-bond donors (Lipinski definition) is 2. The fraction of sp³-hybridized carbons (Fsp3) is 0.444. The summed E-state index contributed by atoms with van der Waals surface area (Å²) in [5.74, 6) is -0.00271. The molecule has 1 aromatic heterocycles. The quantitative estimate of drug-likeness (QED) is 0.745. The first-order valence-corrected chi connectivity index (χ1v) is 4.87. The number of carbonyl (C=O) groups is 1. The maximum Gasteiger partial charge on any atom is 0.310 e. The van der Waals surface area contributed by atoms with Crippen molar-refractivity contribution in [3.63, 3.8) is 0 Å². The molecule has 82 valence electrons. The highest BCUT2D eigenvalue weighted by Crippen LogP contribution is 2.21. The molecule has 0 saturated heterocycles. The van der Waals surface area contributed by atoms with Crippen LogP contribution in [0.15, 0.2) is 11.0 Å². The number of thiol groups is 1. The highest BCUT2D eigenvalue weighted by atomic mass is 32.1. The second kappa shape index (κ2) is 4.97. The number of Topliss-reactive ketones (excluding diaryl/α,β-unsaturated/α-hetero) is 1. The summed E-state index contributed by atoms with van der Waals surface area (Å²) in [4.78, 5) is 28.4. The van der Waals surface area contributed by atoms with E-state index in [4.69, 9.17) is 4.74 Å². The standard InChI is InChI=1S/C9H12N2O3S/c1-5(12)3-7(15)6-4-10-8(13)9(11-6)14-2/h4,7,15H,3H2,1-2H3,(H,10,13). The van der Waals surface area contributed by atoms with Crippen LogP contribution in [0.3, 0.4) is 0 Å². The summed E-state index contributed by atoms with van der Waals surface area (Å²) in [6, 6.07) is 0. The highest BCUT2D eigenvalue weighted by molar-refractivity contribution is 7.80. The zero-order valence-electron chi connectivity index (χ0n) is 8.48. The van der Waals surface area contributed by atoms with Crippen molar-refractivity contribution in [3.8, 4) is 5.88 Å². The largest absolute Gasteiger partial charge is 0.477 e. The van der Waals surface area contributed by atoms with E-state index in [9.17, 15) is 9.59 Å². The van der Waals surface area contributed by atoms with Crippen LogP contribution in [0.2, 0.25) is 0 Å². The van der Waals surface area contributed by atoms with E-state index in [0.29, 0.717) is 5.69 Å². The average Bonchev–Trinajstić information content (AvgIpc) is 2.17. The molecular formula is C9H12N2O3S. The van der Waals surface area contributed by atoms with Crippen LogP contribution in [-0.4, -0.2) is 22.9 Å². The molecule has 1 N–H and O–H groups in total. The van der Waals surface area contributed by atoms with Gasteiger partial charge in [0, 0.05) is 12.6 Å². The van der Waals surface area contributed by atoms with Gasteiger partial charge in [0.15, 0.2) is 0 Å². The number of ketones is 1. The van der Waals surface area contributed by atoms with Crippen molar-refractivity contribution < 1.29 is 9.53 Å². The van der Waals surface area contributed by atoms with Crippen LogP contribution in [0.4, 0.5) is 0 Å². The van der Waals surface area contributed by atoms with Gasteiger partial charge in [0.2, 0.25) is 0 Å². The predicted molar refractivity (Wildman–Crippen MR) is 58.4 cm³/mol. The molecule has 5 nitrogen and oxygen atoms in total. The molecule has 1 atom stereocenters. The Balaban J connectivity index is 2.95. The molecule has 1 heterocycles. The minimum Gasteiger partial charge on any atom is -0.477 e. The Hall–Kier alpha value is -1.30. The Labute approximate surface area is 92.3 Å². The number of nitrogens with zero attached hydrogens (tertiary/aromatic N) is 1. The van der Waals surface area contributed by atoms with E-state index in [0.717, 1.165) is 0 Å². The molecule has 0 aliphatic carbocycles. The molecular weight excluding hydrogens is 216 g/mol. The van der Waals surface area contributed by atoms with Gasteiger partial charge in [-0.05, 0) is 6.92 Å². The van der Waals surface area contributed by atoms with Crippen molar-refractivity contribution in [1.29, 1.82) is 0 Å². The Morgan fingerprint density at radius 1 is 1.73 bits per heavy atom. The summed E-state index contributed by atoms with van der Waals surface area (Å²) < 4.78 is 4.77. The first-order valence-electron chi connectivity index (χ1n) is 4.35. The lowest BCUT2D eigenvalue weighted by Gasteiger charge is -2.08. The number of carbonyl (C=O) groups excluding carboxylic acids is 1. The second-order valence-electron chi connectivity index (χ2n) is 3.09. The Bertz CT molecular complexity index is 416. The van der Waals surface area contributed by atoms with Gasteiger partial charge in [-0.1, -0.05) is 0 Å². The lowest BCUT2D eigenvalue weighted by molar-refractivity contribution is -0.117. The fourth-order valence-electron chi connectivity index (χ4n) is 1.09. The van der Waals surface area contributed by atoms with Crippen molar-refractivity contribution >= 4 is 18.4 Å². The fourth-order valence-corrected chi connectivity index (χ4v) is 1.48. The third-order valence-electron chi connectivity index (χ3n) is 1.79. The number of hydrogen-bond acceptors (Lipinski definition) is 5. The average molecular weight is 228 g/mol. The summed E-state index contributed by atoms with van der Waals surface area (Å²) in [5, 5.41) is -0.326. The van der Waals surface area contributed by atoms with Gasteiger partial charge in [0.25, 0.3) is 5.88 Å². The lowest BCUT2D eigenvalue weighted by Crippen LogP contribution is -2.13. The first-order chi connectivity index (χ1) is 7.04. The molecule has 0 amide bonds. The highest BCUT2D eigenvalue weighted by Gasteiger charge is 2.13. The minimum absolute atomic E-state index is 0.0157. The van der Waals surface area contributed by atoms with Gasteiger partial charge in [-0.2, -0.15) is 12.6 Å². The van der Waals surface area contributed by atoms with Crippen molar-refractivity contribution in [1.82, 2.24) is 9.97 Å². The molecule has 0 aromatic carbocycles. The molecule has 6 heteroatoms. The second-order valence-corrected chi connectivity index (χ2v) is 3.71. The van der Waals surface area contributed by atoms with Crippen LogP contribution in [0.1, 0.15) is 24.3 Å². The number of aromatic amines is 1. The monoisotopic (exact) mass is 228 g/mol. The molecule has 0 spiro atoms. The number of ether oxygens (including phenoxy) is 1. The number of nitrogens with one attached hydrogen (secondary N) is 1. The number of aromatic nitrogens is 2. The first kappa shape index (κ1) is 11.8. The van der Waals surface area contributed by atoms with Crippen molar-refractivity contribution in [2.24, 2.45) is 0 Å². The molecule has 0 saturated carbocycles. The Morgan fingerprint density at radius 3 is 2.93 bits per heavy atom. The van der Waals surface area contributed by atoms with Gasteiger partial charge in [-0.15, -0.1) is 0 Å². The van der Waals surface area contributed by atoms with Gasteiger partial charge in [0.1, 0.15) is 5.78 Å². The van der Waals surface area contributed by atoms with Crippen LogP contribution < -0.4 is 10.3 Å². The summed E-state index contributed by atoms with van der Waals surface area (Å²) in [7, 11) is 1.36. The van der Waals surface area contributed by atoms with E-state index in [1.165, 1.54) is 20.2 Å². The summed E-state index contributed by atoms with van der Waals surface area (Å²) >= 11 is 4.22. The number of methoxy groups -OCH3 is 1. The summed E-state index contributed by atoms with van der Waals surface area (Å²) in [6.07, 6.45) is 1.71. The normalized spacial score (nSPS) is 12.2. The maximum atomic E-state index is 11.1. The van der Waals surface area contributed by atoms with Gasteiger partial charge in [-0.25, -0.2) is 4.98 Å².